The predicted molar refractivity (Wildman–Crippen MR) is 375 cm³/mol. The molecule has 0 fully saturated rings. The van der Waals surface area contributed by atoms with Gasteiger partial charge >= 0.3 is 0 Å². The summed E-state index contributed by atoms with van der Waals surface area (Å²) in [5, 5.41) is 14.1. The Balaban J connectivity index is 4.17. The molecule has 3 atom stereocenters. The Morgan fingerprint density at radius 2 is 0.709 bits per heavy atom. The number of hydrogen-bond donors (Lipinski definition) is 2. The van der Waals surface area contributed by atoms with Gasteiger partial charge in [0, 0.05) is 6.42 Å². The number of carbonyl (C=O) groups excluding carboxylic acids is 1. The molecule has 0 aliphatic rings. The van der Waals surface area contributed by atoms with E-state index in [0.29, 0.717) is 23.9 Å². The van der Waals surface area contributed by atoms with Gasteiger partial charge in [0.05, 0.1) is 39.9 Å². The average Bonchev–Trinajstić information content (AvgIpc) is 3.70. The van der Waals surface area contributed by atoms with E-state index in [1.165, 1.54) is 128 Å². The van der Waals surface area contributed by atoms with Gasteiger partial charge in [0.2, 0.25) is 5.91 Å². The molecule has 0 bridgehead atoms. The van der Waals surface area contributed by atoms with Gasteiger partial charge in [0.15, 0.2) is 0 Å². The topological polar surface area (TPSA) is 108 Å². The highest BCUT2D eigenvalue weighted by Crippen LogP contribution is 2.38. The third-order valence-corrected chi connectivity index (χ3v) is 16.1. The van der Waals surface area contributed by atoms with Gasteiger partial charge in [-0.2, -0.15) is 0 Å². The van der Waals surface area contributed by atoms with Crippen molar-refractivity contribution in [2.45, 2.75) is 296 Å². The summed E-state index contributed by atoms with van der Waals surface area (Å²) in [4.78, 5) is 25.7. The Kier molecular flexibility index (Phi) is 63.0. The van der Waals surface area contributed by atoms with Gasteiger partial charge in [-0.05, 0) is 103 Å². The Morgan fingerprint density at radius 3 is 1.03 bits per heavy atom. The lowest BCUT2D eigenvalue weighted by molar-refractivity contribution is -0.870. The highest BCUT2D eigenvalue weighted by Gasteiger charge is 2.24. The molecule has 0 rings (SSSR count). The number of phosphoric ester groups is 1. The van der Waals surface area contributed by atoms with Gasteiger partial charge in [-0.3, -0.25) is 9.36 Å². The zero-order valence-electron chi connectivity index (χ0n) is 56.2. The molecule has 86 heavy (non-hydrogen) atoms. The quantitative estimate of drug-likeness (QED) is 0.0272. The van der Waals surface area contributed by atoms with Crippen LogP contribution >= 0.6 is 7.82 Å². The van der Waals surface area contributed by atoms with Crippen molar-refractivity contribution in [3.63, 3.8) is 0 Å². The molecule has 0 heterocycles. The van der Waals surface area contributed by atoms with Gasteiger partial charge in [-0.25, -0.2) is 0 Å². The Labute approximate surface area is 531 Å². The van der Waals surface area contributed by atoms with Gasteiger partial charge in [0.25, 0.3) is 7.82 Å². The van der Waals surface area contributed by atoms with Gasteiger partial charge < -0.3 is 28.8 Å². The largest absolute Gasteiger partial charge is 0.756 e. The zero-order chi connectivity index (χ0) is 62.6. The third-order valence-electron chi connectivity index (χ3n) is 15.1. The van der Waals surface area contributed by atoms with Crippen molar-refractivity contribution < 1.29 is 32.9 Å². The first-order valence-electron chi connectivity index (χ1n) is 35.2. The van der Waals surface area contributed by atoms with Crippen molar-refractivity contribution in [2.75, 3.05) is 40.9 Å². The Morgan fingerprint density at radius 1 is 0.419 bits per heavy atom. The van der Waals surface area contributed by atoms with E-state index in [0.717, 1.165) is 128 Å². The van der Waals surface area contributed by atoms with Crippen molar-refractivity contribution in [3.05, 3.63) is 146 Å². The summed E-state index contributed by atoms with van der Waals surface area (Å²) in [6.07, 6.45) is 101. The number of aliphatic hydroxyl groups excluding tert-OH is 1. The molecule has 0 saturated carbocycles. The molecular formula is C77H133N2O6P. The summed E-state index contributed by atoms with van der Waals surface area (Å²) in [6, 6.07) is -0.827. The maximum atomic E-state index is 13.0. The minimum absolute atomic E-state index is 0.0000493. The van der Waals surface area contributed by atoms with Gasteiger partial charge in [-0.15, -0.1) is 0 Å². The number of likely N-dealkylation sites (N-methyl/N-ethyl adjacent to an activating group) is 1. The second-order valence-corrected chi connectivity index (χ2v) is 25.9. The summed E-state index contributed by atoms with van der Waals surface area (Å²) in [7, 11) is 1.27. The van der Waals surface area contributed by atoms with E-state index >= 15 is 0 Å². The minimum Gasteiger partial charge on any atom is -0.756 e. The highest BCUT2D eigenvalue weighted by atomic mass is 31.2. The normalized spacial score (nSPS) is 14.5. The maximum Gasteiger partial charge on any atom is 0.268 e. The second-order valence-electron chi connectivity index (χ2n) is 24.5. The second kappa shape index (κ2) is 65.8. The Bertz CT molecular complexity index is 1910. The van der Waals surface area contributed by atoms with E-state index in [1.807, 2.05) is 21.1 Å². The number of aliphatic hydroxyl groups is 1. The van der Waals surface area contributed by atoms with Crippen LogP contribution in [0.25, 0.3) is 0 Å². The maximum absolute atomic E-state index is 13.0. The van der Waals surface area contributed by atoms with Crippen LogP contribution in [-0.4, -0.2) is 68.5 Å². The summed E-state index contributed by atoms with van der Waals surface area (Å²) < 4.78 is 23.5. The summed E-state index contributed by atoms with van der Waals surface area (Å²) in [5.41, 5.74) is 0. The first-order chi connectivity index (χ1) is 42.0. The number of nitrogens with one attached hydrogen (secondary N) is 1. The van der Waals surface area contributed by atoms with Crippen LogP contribution in [0.3, 0.4) is 0 Å². The van der Waals surface area contributed by atoms with Crippen LogP contribution in [0.2, 0.25) is 0 Å². The summed E-state index contributed by atoms with van der Waals surface area (Å²) >= 11 is 0. The number of rotatable bonds is 63. The number of phosphoric acid groups is 1. The summed E-state index contributed by atoms with van der Waals surface area (Å²) in [5.74, 6) is -0.192. The van der Waals surface area contributed by atoms with E-state index in [-0.39, 0.29) is 19.1 Å². The van der Waals surface area contributed by atoms with Crippen LogP contribution in [0.15, 0.2) is 146 Å². The molecule has 0 aliphatic heterocycles. The number of allylic oxidation sites excluding steroid dienone is 24. The molecule has 2 N–H and O–H groups in total. The number of amides is 1. The average molecular weight is 1210 g/mol. The van der Waals surface area contributed by atoms with E-state index in [9.17, 15) is 19.4 Å². The van der Waals surface area contributed by atoms with Crippen LogP contribution in [-0.2, 0) is 18.4 Å². The molecule has 8 nitrogen and oxygen atoms in total. The van der Waals surface area contributed by atoms with Gasteiger partial charge in [-0.1, -0.05) is 320 Å². The van der Waals surface area contributed by atoms with E-state index in [4.69, 9.17) is 9.05 Å². The molecule has 3 unspecified atom stereocenters. The highest BCUT2D eigenvalue weighted by molar-refractivity contribution is 7.45. The molecule has 492 valence electrons. The molecular weight excluding hydrogens is 1080 g/mol. The van der Waals surface area contributed by atoms with Crippen molar-refractivity contribution in [1.29, 1.82) is 0 Å². The number of carbonyl (C=O) groups is 1. The summed E-state index contributed by atoms with van der Waals surface area (Å²) in [6.45, 7) is 4.60. The molecule has 1 amide bonds. The molecule has 0 aromatic rings. The molecule has 9 heteroatoms. The van der Waals surface area contributed by atoms with Crippen LogP contribution in [0.4, 0.5) is 0 Å². The van der Waals surface area contributed by atoms with Crippen LogP contribution in [0.5, 0.6) is 0 Å². The van der Waals surface area contributed by atoms with Crippen molar-refractivity contribution >= 4 is 13.7 Å². The van der Waals surface area contributed by atoms with E-state index < -0.39 is 20.0 Å². The number of unbranched alkanes of at least 4 members (excludes halogenated alkanes) is 26. The lowest BCUT2D eigenvalue weighted by Crippen LogP contribution is -2.46. The third kappa shape index (κ3) is 67.9. The predicted octanol–water partition coefficient (Wildman–Crippen LogP) is 22.1. The first-order valence-corrected chi connectivity index (χ1v) is 36.6. The van der Waals surface area contributed by atoms with Crippen LogP contribution in [0.1, 0.15) is 284 Å². The van der Waals surface area contributed by atoms with Gasteiger partial charge in [0.1, 0.15) is 13.2 Å². The van der Waals surface area contributed by atoms with Crippen molar-refractivity contribution in [3.8, 4) is 0 Å². The lowest BCUT2D eigenvalue weighted by atomic mass is 10.0. The fourth-order valence-electron chi connectivity index (χ4n) is 9.67. The Hall–Kier alpha value is -3.62. The first kappa shape index (κ1) is 82.4. The molecule has 0 aromatic carbocycles. The molecule has 0 aliphatic carbocycles. The van der Waals surface area contributed by atoms with Crippen molar-refractivity contribution in [1.82, 2.24) is 5.32 Å². The lowest BCUT2D eigenvalue weighted by Gasteiger charge is -2.30. The van der Waals surface area contributed by atoms with E-state index in [2.05, 4.69) is 165 Å². The number of quaternary nitrogens is 1. The molecule has 0 radical (unpaired) electrons. The number of hydrogen-bond acceptors (Lipinski definition) is 6. The standard InChI is InChI=1S/C77H133N2O6P/c1-6-8-10-12-14-16-18-20-22-24-26-28-30-31-32-33-34-35-36-37-38-39-40-41-42-43-44-45-46-47-49-51-53-55-57-59-61-63-65-67-69-71-77(81)78-75(74-85-86(82,83)84-73-72-79(3,4)5)76(80)70-68-66-64-62-60-58-56-54-52-50-48-29-27-25-23-21-19-17-15-13-11-9-7-2/h8,10,14,16,20,22,26,28,31-32,34-35,37-38,40-41,43-44,46-47,51,53,57,59,75-76,80H,6-7,9,11-13,15,17-19,21,23-25,27,29-30,33,36,39,42,45,48-50,52,54-56,58,60-74H2,1-5H3,(H-,78,81,82,83)/b10-8-,16-14-,22-20-,28-26-,32-31-,35-34-,38-37-,41-40-,44-43-,47-46-,53-51-,59-57-. The monoisotopic (exact) mass is 1210 g/mol. The zero-order valence-corrected chi connectivity index (χ0v) is 57.1. The molecule has 0 aromatic heterocycles. The van der Waals surface area contributed by atoms with E-state index in [1.54, 1.807) is 0 Å². The van der Waals surface area contributed by atoms with Crippen LogP contribution in [0, 0.1) is 0 Å². The minimum atomic E-state index is -4.60. The fraction of sp³-hybridized carbons (Fsp3) is 0.675. The molecule has 0 spiro atoms. The van der Waals surface area contributed by atoms with Crippen LogP contribution < -0.4 is 10.2 Å². The van der Waals surface area contributed by atoms with Crippen molar-refractivity contribution in [2.24, 2.45) is 0 Å². The number of nitrogens with zero attached hydrogens (tertiary/aromatic N) is 1. The smallest absolute Gasteiger partial charge is 0.268 e. The fourth-order valence-corrected chi connectivity index (χ4v) is 10.4. The molecule has 0 saturated heterocycles. The SMILES string of the molecule is CC/C=C\C/C=C\C/C=C\C/C=C\C/C=C\C/C=C\C/C=C\C/C=C\C/C=C\C/C=C\C/C=C\C/C=C\CCCCCCC(=O)NC(COP(=O)([O-])OCC[N+](C)(C)C)C(O)CCCCCCCCCCCCCCCCCCCCCCCCC.